The Labute approximate surface area is 138 Å². The third kappa shape index (κ3) is 5.34. The zero-order valence-corrected chi connectivity index (χ0v) is 14.1. The largest absolute Gasteiger partial charge is 0.494 e. The van der Waals surface area contributed by atoms with E-state index in [9.17, 15) is 0 Å². The maximum Gasteiger partial charge on any atom is 0.205 e. The fraction of sp³-hybridized carbons (Fsp3) is 0.429. The molecule has 2 aromatic rings. The number of rotatable bonds is 8. The van der Waals surface area contributed by atoms with E-state index in [0.29, 0.717) is 16.7 Å². The molecular weight excluding hydrogens is 329 g/mol. The Bertz CT molecular complexity index is 577. The molecule has 0 amide bonds. The Morgan fingerprint density at radius 3 is 2.81 bits per heavy atom. The van der Waals surface area contributed by atoms with Crippen molar-refractivity contribution in [2.45, 2.75) is 26.2 Å². The number of ether oxygens (including phenoxy) is 1. The van der Waals surface area contributed by atoms with Crippen LogP contribution in [0.1, 0.15) is 24.8 Å². The average molecular weight is 346 g/mol. The SMILES string of the molecule is CCNc1nnc(CCCCOc2ccc(Cl)c(Cl)c2)s1. The van der Waals surface area contributed by atoms with Crippen LogP contribution >= 0.6 is 34.5 Å². The van der Waals surface area contributed by atoms with E-state index in [4.69, 9.17) is 27.9 Å². The Morgan fingerprint density at radius 1 is 1.19 bits per heavy atom. The van der Waals surface area contributed by atoms with Crippen LogP contribution in [-0.4, -0.2) is 23.3 Å². The van der Waals surface area contributed by atoms with Gasteiger partial charge in [0.25, 0.3) is 0 Å². The molecule has 0 atom stereocenters. The molecule has 0 radical (unpaired) electrons. The maximum atomic E-state index is 5.93. The molecule has 0 saturated carbocycles. The molecule has 0 unspecified atom stereocenters. The summed E-state index contributed by atoms with van der Waals surface area (Å²) in [6.07, 6.45) is 2.90. The first kappa shape index (κ1) is 16.3. The Morgan fingerprint density at radius 2 is 2.05 bits per heavy atom. The van der Waals surface area contributed by atoms with Crippen molar-refractivity contribution in [3.63, 3.8) is 0 Å². The van der Waals surface area contributed by atoms with Crippen LogP contribution in [-0.2, 0) is 6.42 Å². The number of nitrogens with zero attached hydrogens (tertiary/aromatic N) is 2. The standard InChI is InChI=1S/C14H17Cl2N3OS/c1-2-17-14-19-18-13(21-14)5-3-4-8-20-10-6-7-11(15)12(16)9-10/h6-7,9H,2-5,8H2,1H3,(H,17,19). The smallest absolute Gasteiger partial charge is 0.205 e. The quantitative estimate of drug-likeness (QED) is 0.705. The van der Waals surface area contributed by atoms with E-state index in [1.54, 1.807) is 23.5 Å². The van der Waals surface area contributed by atoms with Crippen molar-refractivity contribution in [2.75, 3.05) is 18.5 Å². The van der Waals surface area contributed by atoms with Crippen LogP contribution in [0.5, 0.6) is 5.75 Å². The van der Waals surface area contributed by atoms with Gasteiger partial charge in [-0.1, -0.05) is 34.5 Å². The van der Waals surface area contributed by atoms with Crippen LogP contribution in [0, 0.1) is 0 Å². The summed E-state index contributed by atoms with van der Waals surface area (Å²) in [5.74, 6) is 0.745. The normalized spacial score (nSPS) is 10.6. The number of aryl methyl sites for hydroxylation is 1. The van der Waals surface area contributed by atoms with Crippen LogP contribution in [0.15, 0.2) is 18.2 Å². The number of nitrogens with one attached hydrogen (secondary N) is 1. The molecule has 0 aliphatic carbocycles. The van der Waals surface area contributed by atoms with Crippen molar-refractivity contribution in [3.8, 4) is 5.75 Å². The first-order valence-electron chi connectivity index (χ1n) is 6.83. The molecule has 0 aliphatic rings. The van der Waals surface area contributed by atoms with Gasteiger partial charge >= 0.3 is 0 Å². The molecule has 2 rings (SSSR count). The molecule has 0 fully saturated rings. The molecule has 0 bridgehead atoms. The van der Waals surface area contributed by atoms with Gasteiger partial charge < -0.3 is 10.1 Å². The Balaban J connectivity index is 1.66. The molecule has 0 aliphatic heterocycles. The molecule has 1 heterocycles. The van der Waals surface area contributed by atoms with Crippen molar-refractivity contribution >= 4 is 39.7 Å². The fourth-order valence-corrected chi connectivity index (χ4v) is 2.85. The molecule has 1 aromatic heterocycles. The zero-order chi connectivity index (χ0) is 15.1. The zero-order valence-electron chi connectivity index (χ0n) is 11.7. The van der Waals surface area contributed by atoms with Crippen LogP contribution < -0.4 is 10.1 Å². The molecule has 1 aromatic carbocycles. The minimum atomic E-state index is 0.513. The summed E-state index contributed by atoms with van der Waals surface area (Å²) in [7, 11) is 0. The maximum absolute atomic E-state index is 5.93. The third-order valence-corrected chi connectivity index (χ3v) is 4.42. The van der Waals surface area contributed by atoms with Crippen molar-refractivity contribution in [1.29, 1.82) is 0 Å². The van der Waals surface area contributed by atoms with Gasteiger partial charge in [-0.05, 0) is 31.9 Å². The molecule has 4 nitrogen and oxygen atoms in total. The second-order valence-electron chi connectivity index (χ2n) is 4.41. The topological polar surface area (TPSA) is 47.0 Å². The molecule has 114 valence electrons. The van der Waals surface area contributed by atoms with E-state index in [2.05, 4.69) is 15.5 Å². The summed E-state index contributed by atoms with van der Waals surface area (Å²) in [6.45, 7) is 3.56. The second-order valence-corrected chi connectivity index (χ2v) is 6.29. The Hall–Kier alpha value is -1.04. The van der Waals surface area contributed by atoms with E-state index in [-0.39, 0.29) is 0 Å². The highest BCUT2D eigenvalue weighted by Crippen LogP contribution is 2.26. The lowest BCUT2D eigenvalue weighted by Gasteiger charge is -2.06. The van der Waals surface area contributed by atoms with Crippen LogP contribution in [0.25, 0.3) is 0 Å². The van der Waals surface area contributed by atoms with Crippen molar-refractivity contribution in [3.05, 3.63) is 33.3 Å². The number of unbranched alkanes of at least 4 members (excludes halogenated alkanes) is 1. The first-order valence-corrected chi connectivity index (χ1v) is 8.40. The predicted octanol–water partition coefficient (Wildman–Crippen LogP) is 4.68. The van der Waals surface area contributed by atoms with E-state index in [1.807, 2.05) is 13.0 Å². The number of halogens is 2. The monoisotopic (exact) mass is 345 g/mol. The molecule has 21 heavy (non-hydrogen) atoms. The van der Waals surface area contributed by atoms with Gasteiger partial charge in [0.05, 0.1) is 16.7 Å². The molecule has 0 saturated heterocycles. The van der Waals surface area contributed by atoms with Gasteiger partial charge in [-0.3, -0.25) is 0 Å². The highest BCUT2D eigenvalue weighted by molar-refractivity contribution is 7.15. The number of hydrogen-bond acceptors (Lipinski definition) is 5. The summed E-state index contributed by atoms with van der Waals surface area (Å²) >= 11 is 13.4. The highest BCUT2D eigenvalue weighted by atomic mass is 35.5. The molecule has 1 N–H and O–H groups in total. The van der Waals surface area contributed by atoms with Crippen molar-refractivity contribution < 1.29 is 4.74 Å². The summed E-state index contributed by atoms with van der Waals surface area (Å²) < 4.78 is 5.64. The lowest BCUT2D eigenvalue weighted by molar-refractivity contribution is 0.307. The summed E-state index contributed by atoms with van der Waals surface area (Å²) in [6, 6.07) is 5.29. The molecule has 0 spiro atoms. The lowest BCUT2D eigenvalue weighted by atomic mass is 10.2. The predicted molar refractivity (Wildman–Crippen MR) is 89.0 cm³/mol. The molecule has 7 heteroatoms. The fourth-order valence-electron chi connectivity index (χ4n) is 1.71. The van der Waals surface area contributed by atoms with Crippen LogP contribution in [0.4, 0.5) is 5.13 Å². The number of aromatic nitrogens is 2. The van der Waals surface area contributed by atoms with Gasteiger partial charge in [0.2, 0.25) is 5.13 Å². The summed E-state index contributed by atoms with van der Waals surface area (Å²) in [5.41, 5.74) is 0. The molecular formula is C14H17Cl2N3OS. The van der Waals surface area contributed by atoms with Gasteiger partial charge in [-0.15, -0.1) is 10.2 Å². The second kappa shape index (κ2) is 8.41. The van der Waals surface area contributed by atoms with Crippen molar-refractivity contribution in [2.24, 2.45) is 0 Å². The van der Waals surface area contributed by atoms with Gasteiger partial charge in [0.15, 0.2) is 0 Å². The summed E-state index contributed by atoms with van der Waals surface area (Å²) in [4.78, 5) is 0. The van der Waals surface area contributed by atoms with Crippen molar-refractivity contribution in [1.82, 2.24) is 10.2 Å². The number of benzene rings is 1. The van der Waals surface area contributed by atoms with Gasteiger partial charge in [0, 0.05) is 19.0 Å². The van der Waals surface area contributed by atoms with Gasteiger partial charge in [-0.25, -0.2) is 0 Å². The first-order chi connectivity index (χ1) is 10.2. The average Bonchev–Trinajstić information content (AvgIpc) is 2.90. The number of anilines is 1. The van der Waals surface area contributed by atoms with E-state index in [0.717, 1.165) is 41.7 Å². The van der Waals surface area contributed by atoms with Gasteiger partial charge in [0.1, 0.15) is 10.8 Å². The number of hydrogen-bond donors (Lipinski definition) is 1. The van der Waals surface area contributed by atoms with E-state index in [1.165, 1.54) is 0 Å². The van der Waals surface area contributed by atoms with Gasteiger partial charge in [-0.2, -0.15) is 0 Å². The lowest BCUT2D eigenvalue weighted by Crippen LogP contribution is -1.98. The van der Waals surface area contributed by atoms with E-state index < -0.39 is 0 Å². The van der Waals surface area contributed by atoms with Crippen LogP contribution in [0.3, 0.4) is 0 Å². The Kier molecular flexibility index (Phi) is 6.54. The minimum Gasteiger partial charge on any atom is -0.494 e. The highest BCUT2D eigenvalue weighted by Gasteiger charge is 2.03. The minimum absolute atomic E-state index is 0.513. The van der Waals surface area contributed by atoms with Crippen LogP contribution in [0.2, 0.25) is 10.0 Å². The summed E-state index contributed by atoms with van der Waals surface area (Å²) in [5, 5.41) is 14.4. The third-order valence-electron chi connectivity index (χ3n) is 2.74. The van der Waals surface area contributed by atoms with E-state index >= 15 is 0 Å².